The molecule has 0 bridgehead atoms. The Morgan fingerprint density at radius 3 is 2.80 bits per heavy atom. The summed E-state index contributed by atoms with van der Waals surface area (Å²) in [6, 6.07) is 4.30. The van der Waals surface area contributed by atoms with Crippen LogP contribution in [0, 0.1) is 31.1 Å². The Kier molecular flexibility index (Phi) is 5.05. The molecular formula is C19H25N5O. The van der Waals surface area contributed by atoms with Gasteiger partial charge >= 0.3 is 0 Å². The Balaban J connectivity index is 1.93. The van der Waals surface area contributed by atoms with Crippen LogP contribution < -0.4 is 4.90 Å². The average molecular weight is 339 g/mol. The van der Waals surface area contributed by atoms with Crippen molar-refractivity contribution < 1.29 is 4.74 Å². The van der Waals surface area contributed by atoms with Gasteiger partial charge < -0.3 is 9.64 Å². The van der Waals surface area contributed by atoms with Crippen LogP contribution in [-0.4, -0.2) is 41.1 Å². The van der Waals surface area contributed by atoms with E-state index in [2.05, 4.69) is 27.2 Å². The number of aromatic nitrogens is 3. The van der Waals surface area contributed by atoms with Crippen LogP contribution in [0.15, 0.2) is 18.5 Å². The van der Waals surface area contributed by atoms with E-state index < -0.39 is 0 Å². The van der Waals surface area contributed by atoms with Gasteiger partial charge in [0.25, 0.3) is 0 Å². The monoisotopic (exact) mass is 339 g/mol. The van der Waals surface area contributed by atoms with Gasteiger partial charge in [0.05, 0.1) is 18.4 Å². The van der Waals surface area contributed by atoms with Crippen molar-refractivity contribution >= 4 is 5.82 Å². The van der Waals surface area contributed by atoms with E-state index in [0.717, 1.165) is 30.2 Å². The van der Waals surface area contributed by atoms with Crippen molar-refractivity contribution in [2.75, 3.05) is 31.2 Å². The summed E-state index contributed by atoms with van der Waals surface area (Å²) < 4.78 is 7.56. The lowest BCUT2D eigenvalue weighted by molar-refractivity contribution is 0.111. The number of nitriles is 1. The third-order valence-corrected chi connectivity index (χ3v) is 4.87. The van der Waals surface area contributed by atoms with Crippen molar-refractivity contribution in [2.24, 2.45) is 13.0 Å². The molecule has 2 aromatic heterocycles. The van der Waals surface area contributed by atoms with Crippen LogP contribution in [0.2, 0.25) is 0 Å². The van der Waals surface area contributed by atoms with Crippen molar-refractivity contribution in [3.63, 3.8) is 0 Å². The van der Waals surface area contributed by atoms with Gasteiger partial charge in [0.15, 0.2) is 0 Å². The van der Waals surface area contributed by atoms with Gasteiger partial charge in [0.1, 0.15) is 11.9 Å². The van der Waals surface area contributed by atoms with Gasteiger partial charge in [-0.25, -0.2) is 4.98 Å². The predicted molar refractivity (Wildman–Crippen MR) is 96.6 cm³/mol. The Labute approximate surface area is 149 Å². The zero-order valence-corrected chi connectivity index (χ0v) is 15.4. The van der Waals surface area contributed by atoms with Gasteiger partial charge in [-0.15, -0.1) is 0 Å². The highest BCUT2D eigenvalue weighted by Crippen LogP contribution is 2.36. The maximum atomic E-state index is 9.59. The maximum Gasteiger partial charge on any atom is 0.147 e. The number of nitrogens with zero attached hydrogens (tertiary/aromatic N) is 5. The average Bonchev–Trinajstić information content (AvgIpc) is 3.18. The molecule has 0 N–H and O–H groups in total. The summed E-state index contributed by atoms with van der Waals surface area (Å²) in [6.45, 7) is 9.05. The molecule has 2 aromatic rings. The van der Waals surface area contributed by atoms with Crippen LogP contribution >= 0.6 is 0 Å². The first-order chi connectivity index (χ1) is 12.0. The molecule has 1 aliphatic heterocycles. The molecule has 0 amide bonds. The Bertz CT molecular complexity index is 792. The number of hydrogen-bond donors (Lipinski definition) is 0. The summed E-state index contributed by atoms with van der Waals surface area (Å²) in [6.07, 6.45) is 4.01. The van der Waals surface area contributed by atoms with Gasteiger partial charge in [-0.3, -0.25) is 4.68 Å². The summed E-state index contributed by atoms with van der Waals surface area (Å²) in [4.78, 5) is 6.91. The van der Waals surface area contributed by atoms with Crippen LogP contribution in [-0.2, 0) is 11.8 Å². The molecule has 0 unspecified atom stereocenters. The topological polar surface area (TPSA) is 67.0 Å². The minimum absolute atomic E-state index is 0.328. The van der Waals surface area contributed by atoms with E-state index in [1.165, 1.54) is 5.56 Å². The number of pyridine rings is 1. The zero-order valence-electron chi connectivity index (χ0n) is 15.4. The quantitative estimate of drug-likeness (QED) is 0.837. The number of ether oxygens (including phenoxy) is 1. The lowest BCUT2D eigenvalue weighted by atomic mass is 9.92. The molecule has 3 rings (SSSR count). The molecule has 2 atom stereocenters. The van der Waals surface area contributed by atoms with E-state index in [1.807, 2.05) is 44.8 Å². The number of anilines is 1. The maximum absolute atomic E-state index is 9.59. The van der Waals surface area contributed by atoms with Crippen LogP contribution in [0.3, 0.4) is 0 Å². The Morgan fingerprint density at radius 2 is 2.16 bits per heavy atom. The molecule has 6 heteroatoms. The van der Waals surface area contributed by atoms with E-state index in [0.29, 0.717) is 30.6 Å². The molecule has 3 heterocycles. The van der Waals surface area contributed by atoms with Crippen molar-refractivity contribution in [2.45, 2.75) is 26.7 Å². The van der Waals surface area contributed by atoms with Crippen molar-refractivity contribution in [1.82, 2.24) is 14.8 Å². The summed E-state index contributed by atoms with van der Waals surface area (Å²) in [5.41, 5.74) is 3.82. The largest absolute Gasteiger partial charge is 0.381 e. The Morgan fingerprint density at radius 1 is 1.36 bits per heavy atom. The molecule has 1 aliphatic rings. The van der Waals surface area contributed by atoms with Crippen LogP contribution in [0.25, 0.3) is 0 Å². The molecule has 0 saturated carbocycles. The number of rotatable bonds is 5. The predicted octanol–water partition coefficient (Wildman–Crippen LogP) is 2.56. The first-order valence-corrected chi connectivity index (χ1v) is 8.73. The molecule has 6 nitrogen and oxygen atoms in total. The summed E-state index contributed by atoms with van der Waals surface area (Å²) in [7, 11) is 1.94. The van der Waals surface area contributed by atoms with Gasteiger partial charge in [0, 0.05) is 50.5 Å². The van der Waals surface area contributed by atoms with Gasteiger partial charge in [-0.05, 0) is 38.0 Å². The highest BCUT2D eigenvalue weighted by atomic mass is 16.5. The van der Waals surface area contributed by atoms with Crippen LogP contribution in [0.4, 0.5) is 5.82 Å². The minimum Gasteiger partial charge on any atom is -0.381 e. The molecule has 25 heavy (non-hydrogen) atoms. The fraction of sp³-hybridized carbons (Fsp3) is 0.526. The number of aryl methyl sites for hydroxylation is 3. The molecule has 0 aliphatic carbocycles. The second-order valence-electron chi connectivity index (χ2n) is 6.77. The van der Waals surface area contributed by atoms with E-state index in [-0.39, 0.29) is 0 Å². The van der Waals surface area contributed by atoms with Crippen molar-refractivity contribution in [3.8, 4) is 6.07 Å². The fourth-order valence-corrected chi connectivity index (χ4v) is 3.68. The first kappa shape index (κ1) is 17.4. The molecule has 0 radical (unpaired) electrons. The SMILES string of the molecule is CCOC[C@@H]1CN(c2nc(C)cc(C)c2C#N)C[C@H]1c1cnn(C)c1. The van der Waals surface area contributed by atoms with Gasteiger partial charge in [-0.1, -0.05) is 0 Å². The lowest BCUT2D eigenvalue weighted by Crippen LogP contribution is -2.23. The Hall–Kier alpha value is -2.39. The van der Waals surface area contributed by atoms with E-state index in [4.69, 9.17) is 4.74 Å². The zero-order chi connectivity index (χ0) is 18.0. The first-order valence-electron chi connectivity index (χ1n) is 8.73. The highest BCUT2D eigenvalue weighted by molar-refractivity contribution is 5.59. The van der Waals surface area contributed by atoms with E-state index >= 15 is 0 Å². The number of hydrogen-bond acceptors (Lipinski definition) is 5. The van der Waals surface area contributed by atoms with Crippen LogP contribution in [0.5, 0.6) is 0 Å². The summed E-state index contributed by atoms with van der Waals surface area (Å²) in [5, 5.41) is 13.9. The smallest absolute Gasteiger partial charge is 0.147 e. The molecule has 1 saturated heterocycles. The van der Waals surface area contributed by atoms with Gasteiger partial charge in [0.2, 0.25) is 0 Å². The third kappa shape index (κ3) is 3.52. The molecule has 0 aromatic carbocycles. The van der Waals surface area contributed by atoms with Crippen molar-refractivity contribution in [1.29, 1.82) is 5.26 Å². The minimum atomic E-state index is 0.328. The third-order valence-electron chi connectivity index (χ3n) is 4.87. The second kappa shape index (κ2) is 7.24. The molecular weight excluding hydrogens is 314 g/mol. The summed E-state index contributed by atoms with van der Waals surface area (Å²) >= 11 is 0. The van der Waals surface area contributed by atoms with Crippen LogP contribution in [0.1, 0.15) is 35.2 Å². The normalized spacial score (nSPS) is 20.0. The van der Waals surface area contributed by atoms with E-state index in [1.54, 1.807) is 0 Å². The van der Waals surface area contributed by atoms with Gasteiger partial charge in [-0.2, -0.15) is 10.4 Å². The van der Waals surface area contributed by atoms with E-state index in [9.17, 15) is 5.26 Å². The standard InChI is InChI=1S/C19H25N5O/c1-5-25-12-16-10-24(11-18(16)15-8-21-23(4)9-15)19-17(7-20)13(2)6-14(3)22-19/h6,8-9,16,18H,5,10-12H2,1-4H3/t16-,18-/m0/s1. The second-order valence-corrected chi connectivity index (χ2v) is 6.77. The molecule has 132 valence electrons. The highest BCUT2D eigenvalue weighted by Gasteiger charge is 2.36. The molecule has 0 spiro atoms. The lowest BCUT2D eigenvalue weighted by Gasteiger charge is -2.20. The van der Waals surface area contributed by atoms with Crippen molar-refractivity contribution in [3.05, 3.63) is 40.8 Å². The fourth-order valence-electron chi connectivity index (χ4n) is 3.68. The molecule has 1 fully saturated rings. The summed E-state index contributed by atoms with van der Waals surface area (Å²) in [5.74, 6) is 1.49.